The molecule has 0 radical (unpaired) electrons. The van der Waals surface area contributed by atoms with E-state index in [-0.39, 0.29) is 29.0 Å². The van der Waals surface area contributed by atoms with Gasteiger partial charge in [0.25, 0.3) is 5.91 Å². The Morgan fingerprint density at radius 1 is 1.38 bits per heavy atom. The lowest BCUT2D eigenvalue weighted by Gasteiger charge is -2.08. The van der Waals surface area contributed by atoms with Gasteiger partial charge in [-0.25, -0.2) is 10.1 Å². The molecule has 0 saturated carbocycles. The van der Waals surface area contributed by atoms with E-state index < -0.39 is 5.91 Å². The maximum absolute atomic E-state index is 12.4. The molecule has 0 unspecified atom stereocenters. The number of benzene rings is 1. The molecule has 0 atom stereocenters. The van der Waals surface area contributed by atoms with Gasteiger partial charge in [0.2, 0.25) is 11.6 Å². The number of phenols is 1. The number of hydrogen-bond acceptors (Lipinski definition) is 9. The van der Waals surface area contributed by atoms with Crippen LogP contribution in [-0.2, 0) is 0 Å². The summed E-state index contributed by atoms with van der Waals surface area (Å²) < 4.78 is 5.87. The second-order valence-corrected chi connectivity index (χ2v) is 5.62. The van der Waals surface area contributed by atoms with E-state index in [1.165, 1.54) is 17.0 Å². The second kappa shape index (κ2) is 7.01. The van der Waals surface area contributed by atoms with E-state index in [2.05, 4.69) is 35.8 Å². The van der Waals surface area contributed by atoms with Crippen molar-refractivity contribution in [3.8, 4) is 11.6 Å². The molecule has 11 nitrogen and oxygen atoms in total. The van der Waals surface area contributed by atoms with Crippen molar-refractivity contribution in [2.75, 3.05) is 5.73 Å². The van der Waals surface area contributed by atoms with Gasteiger partial charge in [-0.05, 0) is 28.4 Å². The van der Waals surface area contributed by atoms with E-state index in [0.717, 1.165) is 0 Å². The fourth-order valence-electron chi connectivity index (χ4n) is 2.27. The highest BCUT2D eigenvalue weighted by molar-refractivity contribution is 5.94. The van der Waals surface area contributed by atoms with Gasteiger partial charge < -0.3 is 10.8 Å². The van der Waals surface area contributed by atoms with E-state index in [4.69, 9.17) is 5.73 Å². The van der Waals surface area contributed by atoms with Gasteiger partial charge in [0.1, 0.15) is 5.75 Å². The summed E-state index contributed by atoms with van der Waals surface area (Å²) in [4.78, 5) is 12.4. The van der Waals surface area contributed by atoms with Crippen molar-refractivity contribution in [1.29, 1.82) is 0 Å². The van der Waals surface area contributed by atoms with Crippen molar-refractivity contribution in [1.82, 2.24) is 30.7 Å². The van der Waals surface area contributed by atoms with E-state index in [0.29, 0.717) is 11.3 Å². The first-order valence-corrected chi connectivity index (χ1v) is 7.64. The average molecular weight is 356 g/mol. The van der Waals surface area contributed by atoms with E-state index >= 15 is 0 Å². The molecule has 11 heteroatoms. The van der Waals surface area contributed by atoms with Crippen LogP contribution in [0, 0.1) is 0 Å². The van der Waals surface area contributed by atoms with E-state index in [9.17, 15) is 9.90 Å². The van der Waals surface area contributed by atoms with Crippen molar-refractivity contribution in [2.24, 2.45) is 5.10 Å². The fraction of sp³-hybridized carbons (Fsp3) is 0.200. The number of phenolic OH excluding ortho intramolecular Hbond substituents is 1. The minimum atomic E-state index is -0.568. The van der Waals surface area contributed by atoms with E-state index in [1.54, 1.807) is 18.2 Å². The van der Waals surface area contributed by atoms with Crippen LogP contribution >= 0.6 is 0 Å². The number of amides is 1. The molecule has 2 aromatic heterocycles. The molecular weight excluding hydrogens is 340 g/mol. The number of nitrogens with two attached hydrogens (primary N) is 1. The normalized spacial score (nSPS) is 11.3. The highest BCUT2D eigenvalue weighted by atomic mass is 16.6. The van der Waals surface area contributed by atoms with Crippen LogP contribution < -0.4 is 11.2 Å². The zero-order chi connectivity index (χ0) is 18.7. The molecule has 3 aromatic rings. The van der Waals surface area contributed by atoms with Crippen LogP contribution in [0.15, 0.2) is 34.0 Å². The van der Waals surface area contributed by atoms with Crippen molar-refractivity contribution in [2.45, 2.75) is 19.8 Å². The summed E-state index contributed by atoms with van der Waals surface area (Å²) >= 11 is 0. The molecule has 26 heavy (non-hydrogen) atoms. The average Bonchev–Trinajstić information content (AvgIpc) is 3.22. The molecule has 0 aliphatic rings. The number of hydrogen-bond donors (Lipinski definition) is 3. The first kappa shape index (κ1) is 17.1. The van der Waals surface area contributed by atoms with Gasteiger partial charge in [-0.3, -0.25) is 4.79 Å². The Bertz CT molecular complexity index is 959. The largest absolute Gasteiger partial charge is 0.507 e. The number of aromatic nitrogens is 5. The minimum Gasteiger partial charge on any atom is -0.507 e. The summed E-state index contributed by atoms with van der Waals surface area (Å²) in [6.45, 7) is 3.72. The minimum absolute atomic E-state index is 0.0290. The van der Waals surface area contributed by atoms with Crippen LogP contribution in [0.1, 0.15) is 41.5 Å². The SMILES string of the molecule is CC(C)c1c(C(=O)NN=Cc2ccccc2O)nnn1-c1nonc1N. The molecule has 4 N–H and O–H groups in total. The molecule has 134 valence electrons. The van der Waals surface area contributed by atoms with Gasteiger partial charge in [0, 0.05) is 5.56 Å². The summed E-state index contributed by atoms with van der Waals surface area (Å²) in [6, 6.07) is 6.59. The summed E-state index contributed by atoms with van der Waals surface area (Å²) in [5.41, 5.74) is 9.04. The predicted molar refractivity (Wildman–Crippen MR) is 90.9 cm³/mol. The van der Waals surface area contributed by atoms with Crippen LogP contribution in [0.4, 0.5) is 5.82 Å². The van der Waals surface area contributed by atoms with Crippen LogP contribution in [-0.4, -0.2) is 42.5 Å². The topological polar surface area (TPSA) is 157 Å². The van der Waals surface area contributed by atoms with Gasteiger partial charge in [-0.2, -0.15) is 9.78 Å². The molecule has 0 aliphatic carbocycles. The van der Waals surface area contributed by atoms with Crippen molar-refractivity contribution in [3.63, 3.8) is 0 Å². The number of nitrogen functional groups attached to an aromatic ring is 1. The summed E-state index contributed by atoms with van der Waals surface area (Å²) in [5.74, 6) is -0.460. The molecule has 0 saturated heterocycles. The van der Waals surface area contributed by atoms with Crippen LogP contribution in [0.5, 0.6) is 5.75 Å². The van der Waals surface area contributed by atoms with Gasteiger partial charge in [0.05, 0.1) is 11.9 Å². The van der Waals surface area contributed by atoms with Gasteiger partial charge in [0.15, 0.2) is 5.69 Å². The molecule has 0 aliphatic heterocycles. The number of carbonyl (C=O) groups excluding carboxylic acids is 1. The van der Waals surface area contributed by atoms with Gasteiger partial charge >= 0.3 is 0 Å². The zero-order valence-electron chi connectivity index (χ0n) is 14.0. The Morgan fingerprint density at radius 2 is 2.15 bits per heavy atom. The molecule has 2 heterocycles. The Morgan fingerprint density at radius 3 is 2.81 bits per heavy atom. The molecule has 0 bridgehead atoms. The van der Waals surface area contributed by atoms with Gasteiger partial charge in [-0.15, -0.1) is 5.10 Å². The zero-order valence-corrected chi connectivity index (χ0v) is 14.0. The molecule has 1 amide bonds. The maximum Gasteiger partial charge on any atom is 0.293 e. The number of rotatable bonds is 5. The highest BCUT2D eigenvalue weighted by Gasteiger charge is 2.25. The summed E-state index contributed by atoms with van der Waals surface area (Å²) in [6.07, 6.45) is 1.33. The van der Waals surface area contributed by atoms with Crippen molar-refractivity contribution < 1.29 is 14.5 Å². The lowest BCUT2D eigenvalue weighted by atomic mass is 10.1. The number of hydrazone groups is 1. The smallest absolute Gasteiger partial charge is 0.293 e. The van der Waals surface area contributed by atoms with Crippen molar-refractivity contribution >= 4 is 17.9 Å². The summed E-state index contributed by atoms with van der Waals surface area (Å²) in [7, 11) is 0. The monoisotopic (exact) mass is 356 g/mol. The number of aromatic hydroxyl groups is 1. The number of carbonyl (C=O) groups is 1. The molecule has 0 spiro atoms. The Kier molecular flexibility index (Phi) is 4.60. The third-order valence-corrected chi connectivity index (χ3v) is 3.47. The Balaban J connectivity index is 1.85. The molecule has 1 aromatic carbocycles. The number of nitrogens with one attached hydrogen (secondary N) is 1. The number of anilines is 1. The predicted octanol–water partition coefficient (Wildman–Crippen LogP) is 0.825. The lowest BCUT2D eigenvalue weighted by molar-refractivity contribution is 0.0948. The van der Waals surface area contributed by atoms with Crippen LogP contribution in [0.3, 0.4) is 0 Å². The lowest BCUT2D eigenvalue weighted by Crippen LogP contribution is -2.21. The molecule has 0 fully saturated rings. The van der Waals surface area contributed by atoms with Crippen LogP contribution in [0.2, 0.25) is 0 Å². The highest BCUT2D eigenvalue weighted by Crippen LogP contribution is 2.22. The second-order valence-electron chi connectivity index (χ2n) is 5.62. The Labute approximate surface area is 147 Å². The maximum atomic E-state index is 12.4. The van der Waals surface area contributed by atoms with Crippen molar-refractivity contribution in [3.05, 3.63) is 41.2 Å². The quantitative estimate of drug-likeness (QED) is 0.448. The first-order valence-electron chi connectivity index (χ1n) is 7.64. The first-order chi connectivity index (χ1) is 12.5. The molecular formula is C15H16N8O3. The van der Waals surface area contributed by atoms with E-state index in [1.807, 2.05) is 13.8 Å². The van der Waals surface area contributed by atoms with Crippen LogP contribution in [0.25, 0.3) is 5.82 Å². The number of para-hydroxylation sites is 1. The third kappa shape index (κ3) is 3.22. The Hall–Kier alpha value is -3.76. The summed E-state index contributed by atoms with van der Waals surface area (Å²) in [5, 5.41) is 28.5. The third-order valence-electron chi connectivity index (χ3n) is 3.47. The van der Waals surface area contributed by atoms with Gasteiger partial charge in [-0.1, -0.05) is 31.2 Å². The molecule has 3 rings (SSSR count). The standard InChI is InChI=1S/C15H16N8O3/c1-8(2)12-11(18-22-23(12)14-13(16)20-26-21-14)15(25)19-17-7-9-5-3-4-6-10(9)24/h3-8,24H,1-2H3,(H2,16,20)(H,19,25). The fourth-order valence-corrected chi connectivity index (χ4v) is 2.27. The number of nitrogens with zero attached hydrogens (tertiary/aromatic N) is 6.